The number of nitrogens with zero attached hydrogens (tertiary/aromatic N) is 3. The first kappa shape index (κ1) is 22.7. The second kappa shape index (κ2) is 12.0. The molecule has 31 heavy (non-hydrogen) atoms. The van der Waals surface area contributed by atoms with Crippen LogP contribution in [0.25, 0.3) is 0 Å². The first-order valence-corrected chi connectivity index (χ1v) is 10.7. The average molecular weight is 428 g/mol. The first-order valence-electron chi connectivity index (χ1n) is 10.7. The van der Waals surface area contributed by atoms with Crippen LogP contribution in [0, 0.1) is 0 Å². The fraction of sp³-hybridized carbons (Fsp3) is 0.478. The van der Waals surface area contributed by atoms with Crippen molar-refractivity contribution in [3.8, 4) is 17.2 Å². The third-order valence-electron chi connectivity index (χ3n) is 5.04. The summed E-state index contributed by atoms with van der Waals surface area (Å²) in [5.41, 5.74) is 1.19. The van der Waals surface area contributed by atoms with Gasteiger partial charge in [0, 0.05) is 44.5 Å². The van der Waals surface area contributed by atoms with Gasteiger partial charge in [0.1, 0.15) is 23.9 Å². The van der Waals surface area contributed by atoms with Gasteiger partial charge < -0.3 is 24.8 Å². The predicted molar refractivity (Wildman–Crippen MR) is 122 cm³/mol. The Kier molecular flexibility index (Phi) is 8.78. The van der Waals surface area contributed by atoms with E-state index in [0.717, 1.165) is 55.8 Å². The molecule has 1 fully saturated rings. The molecule has 1 unspecified atom stereocenters. The number of pyridine rings is 1. The fourth-order valence-electron chi connectivity index (χ4n) is 3.58. The summed E-state index contributed by atoms with van der Waals surface area (Å²) in [7, 11) is 3.36. The minimum absolute atomic E-state index is 0.351. The molecule has 1 aliphatic rings. The maximum absolute atomic E-state index is 5.67. The van der Waals surface area contributed by atoms with E-state index in [4.69, 9.17) is 14.2 Å². The molecular formula is C23H33N5O3. The van der Waals surface area contributed by atoms with Gasteiger partial charge in [0.2, 0.25) is 0 Å². The number of methoxy groups -OCH3 is 2. The van der Waals surface area contributed by atoms with E-state index < -0.39 is 0 Å². The smallest absolute Gasteiger partial charge is 0.191 e. The van der Waals surface area contributed by atoms with Crippen molar-refractivity contribution in [2.45, 2.75) is 25.9 Å². The van der Waals surface area contributed by atoms with Crippen LogP contribution in [-0.2, 0) is 6.54 Å². The van der Waals surface area contributed by atoms with Crippen LogP contribution in [-0.4, -0.2) is 68.9 Å². The average Bonchev–Trinajstić information content (AvgIpc) is 3.23. The van der Waals surface area contributed by atoms with Gasteiger partial charge in [-0.1, -0.05) is 0 Å². The number of likely N-dealkylation sites (tertiary alicyclic amines) is 1. The summed E-state index contributed by atoms with van der Waals surface area (Å²) in [6, 6.07) is 10.1. The Balaban J connectivity index is 1.48. The predicted octanol–water partition coefficient (Wildman–Crippen LogP) is 2.31. The number of aromatic nitrogens is 1. The summed E-state index contributed by atoms with van der Waals surface area (Å²) in [5, 5.41) is 6.88. The van der Waals surface area contributed by atoms with Crippen LogP contribution in [0.5, 0.6) is 17.2 Å². The van der Waals surface area contributed by atoms with Gasteiger partial charge in [0.05, 0.1) is 27.0 Å². The molecule has 0 bridgehead atoms. The highest BCUT2D eigenvalue weighted by Gasteiger charge is 2.23. The standard InChI is InChI=1S/C23H33N5O3/c1-4-25-23(26-9-11-31-20-6-5-8-24-15-20)27-19-7-10-28(17-19)16-18-12-21(29-2)14-22(13-18)30-3/h5-6,8,12-15,19H,4,7,9-11,16-17H2,1-3H3,(H2,25,26,27). The molecule has 0 radical (unpaired) electrons. The molecule has 0 amide bonds. The van der Waals surface area contributed by atoms with Gasteiger partial charge in [-0.25, -0.2) is 4.99 Å². The summed E-state index contributed by atoms with van der Waals surface area (Å²) in [6.45, 7) is 6.81. The van der Waals surface area contributed by atoms with Gasteiger partial charge in [-0.05, 0) is 43.2 Å². The minimum Gasteiger partial charge on any atom is -0.497 e. The summed E-state index contributed by atoms with van der Waals surface area (Å²) < 4.78 is 16.4. The number of rotatable bonds is 10. The van der Waals surface area contributed by atoms with E-state index in [0.29, 0.717) is 19.2 Å². The minimum atomic E-state index is 0.351. The number of benzene rings is 1. The lowest BCUT2D eigenvalue weighted by atomic mass is 10.2. The molecule has 8 nitrogen and oxygen atoms in total. The van der Waals surface area contributed by atoms with Gasteiger partial charge in [0.15, 0.2) is 5.96 Å². The molecular weight excluding hydrogens is 394 g/mol. The lowest BCUT2D eigenvalue weighted by molar-refractivity contribution is 0.321. The van der Waals surface area contributed by atoms with Crippen molar-refractivity contribution in [3.63, 3.8) is 0 Å². The topological polar surface area (TPSA) is 80.2 Å². The molecule has 0 aliphatic carbocycles. The van der Waals surface area contributed by atoms with E-state index >= 15 is 0 Å². The maximum Gasteiger partial charge on any atom is 0.191 e. The number of aliphatic imine (C=N–C) groups is 1. The Hall–Kier alpha value is -3.00. The molecule has 2 N–H and O–H groups in total. The lowest BCUT2D eigenvalue weighted by Crippen LogP contribution is -2.44. The van der Waals surface area contributed by atoms with Crippen LogP contribution in [0.3, 0.4) is 0 Å². The van der Waals surface area contributed by atoms with Gasteiger partial charge in [-0.3, -0.25) is 9.88 Å². The molecule has 1 saturated heterocycles. The molecule has 0 saturated carbocycles. The molecule has 2 heterocycles. The first-order chi connectivity index (χ1) is 15.2. The summed E-state index contributed by atoms with van der Waals surface area (Å²) in [6.07, 6.45) is 4.50. The highest BCUT2D eigenvalue weighted by Crippen LogP contribution is 2.24. The normalized spacial score (nSPS) is 16.7. The molecule has 8 heteroatoms. The van der Waals surface area contributed by atoms with Gasteiger partial charge >= 0.3 is 0 Å². The highest BCUT2D eigenvalue weighted by molar-refractivity contribution is 5.80. The Morgan fingerprint density at radius 2 is 2.00 bits per heavy atom. The number of hydrogen-bond acceptors (Lipinski definition) is 6. The zero-order valence-corrected chi connectivity index (χ0v) is 18.6. The fourth-order valence-corrected chi connectivity index (χ4v) is 3.58. The third kappa shape index (κ3) is 7.32. The molecule has 1 atom stereocenters. The largest absolute Gasteiger partial charge is 0.497 e. The Bertz CT molecular complexity index is 809. The number of hydrogen-bond donors (Lipinski definition) is 2. The second-order valence-corrected chi connectivity index (χ2v) is 7.38. The third-order valence-corrected chi connectivity index (χ3v) is 5.04. The van der Waals surface area contributed by atoms with Gasteiger partial charge in [-0.15, -0.1) is 0 Å². The van der Waals surface area contributed by atoms with E-state index in [1.807, 2.05) is 18.2 Å². The zero-order valence-electron chi connectivity index (χ0n) is 18.6. The molecule has 0 spiro atoms. The van der Waals surface area contributed by atoms with Crippen molar-refractivity contribution in [3.05, 3.63) is 48.3 Å². The van der Waals surface area contributed by atoms with Crippen molar-refractivity contribution in [1.82, 2.24) is 20.5 Å². The quantitative estimate of drug-likeness (QED) is 0.342. The van der Waals surface area contributed by atoms with Crippen molar-refractivity contribution in [2.24, 2.45) is 4.99 Å². The summed E-state index contributed by atoms with van der Waals surface area (Å²) in [4.78, 5) is 11.1. The van der Waals surface area contributed by atoms with E-state index in [1.165, 1.54) is 5.56 Å². The second-order valence-electron chi connectivity index (χ2n) is 7.38. The maximum atomic E-state index is 5.67. The van der Waals surface area contributed by atoms with E-state index in [9.17, 15) is 0 Å². The number of nitrogens with one attached hydrogen (secondary N) is 2. The molecule has 2 aromatic rings. The van der Waals surface area contributed by atoms with Crippen molar-refractivity contribution in [1.29, 1.82) is 0 Å². The van der Waals surface area contributed by atoms with Crippen LogP contribution >= 0.6 is 0 Å². The molecule has 1 aliphatic heterocycles. The Morgan fingerprint density at radius 3 is 2.68 bits per heavy atom. The lowest BCUT2D eigenvalue weighted by Gasteiger charge is -2.19. The van der Waals surface area contributed by atoms with E-state index in [1.54, 1.807) is 26.6 Å². The van der Waals surface area contributed by atoms with Crippen LogP contribution < -0.4 is 24.8 Å². The van der Waals surface area contributed by atoms with Gasteiger partial charge in [-0.2, -0.15) is 0 Å². The van der Waals surface area contributed by atoms with E-state index in [-0.39, 0.29) is 0 Å². The number of guanidine groups is 1. The van der Waals surface area contributed by atoms with Crippen LogP contribution in [0.2, 0.25) is 0 Å². The van der Waals surface area contributed by atoms with Crippen molar-refractivity contribution >= 4 is 5.96 Å². The van der Waals surface area contributed by atoms with Crippen LogP contribution in [0.4, 0.5) is 0 Å². The van der Waals surface area contributed by atoms with Crippen molar-refractivity contribution < 1.29 is 14.2 Å². The summed E-state index contributed by atoms with van der Waals surface area (Å²) in [5.74, 6) is 3.22. The van der Waals surface area contributed by atoms with Crippen LogP contribution in [0.1, 0.15) is 18.9 Å². The molecule has 3 rings (SSSR count). The highest BCUT2D eigenvalue weighted by atomic mass is 16.5. The molecule has 1 aromatic heterocycles. The van der Waals surface area contributed by atoms with E-state index in [2.05, 4.69) is 44.6 Å². The van der Waals surface area contributed by atoms with Crippen molar-refractivity contribution in [2.75, 3.05) is 47.0 Å². The SMILES string of the molecule is CCNC(=NCCOc1cccnc1)NC1CCN(Cc2cc(OC)cc(OC)c2)C1. The molecule has 1 aromatic carbocycles. The zero-order chi connectivity index (χ0) is 21.9. The number of ether oxygens (including phenoxy) is 3. The van der Waals surface area contributed by atoms with Crippen LogP contribution in [0.15, 0.2) is 47.7 Å². The Morgan fingerprint density at radius 1 is 1.19 bits per heavy atom. The van der Waals surface area contributed by atoms with Gasteiger partial charge in [0.25, 0.3) is 0 Å². The molecule has 168 valence electrons. The summed E-state index contributed by atoms with van der Waals surface area (Å²) >= 11 is 0. The monoisotopic (exact) mass is 427 g/mol. The Labute approximate surface area is 184 Å².